The van der Waals surface area contributed by atoms with Crippen molar-refractivity contribution >= 4 is 12.0 Å². The van der Waals surface area contributed by atoms with Crippen LogP contribution in [-0.4, -0.2) is 30.2 Å². The van der Waals surface area contributed by atoms with Gasteiger partial charge in [0.1, 0.15) is 5.82 Å². The Bertz CT molecular complexity index is 489. The van der Waals surface area contributed by atoms with E-state index in [1.54, 1.807) is 12.1 Å². The Balaban J connectivity index is 2.47. The van der Waals surface area contributed by atoms with Gasteiger partial charge in [0, 0.05) is 18.5 Å². The number of rotatable bonds is 6. The first-order valence-corrected chi connectivity index (χ1v) is 6.31. The molecule has 6 heteroatoms. The topological polar surface area (TPSA) is 78.4 Å². The van der Waals surface area contributed by atoms with E-state index in [2.05, 4.69) is 10.6 Å². The Morgan fingerprint density at radius 2 is 2.00 bits per heavy atom. The van der Waals surface area contributed by atoms with Crippen LogP contribution in [0.15, 0.2) is 24.3 Å². The van der Waals surface area contributed by atoms with Crippen molar-refractivity contribution in [2.75, 3.05) is 13.1 Å². The molecule has 0 radical (unpaired) electrons. The van der Waals surface area contributed by atoms with Crippen LogP contribution in [0.4, 0.5) is 9.18 Å². The number of carbonyl (C=O) groups excluding carboxylic acids is 1. The van der Waals surface area contributed by atoms with Crippen molar-refractivity contribution in [1.29, 1.82) is 0 Å². The van der Waals surface area contributed by atoms with E-state index in [1.807, 2.05) is 13.8 Å². The quantitative estimate of drug-likeness (QED) is 0.745. The maximum Gasteiger partial charge on any atom is 0.314 e. The summed E-state index contributed by atoms with van der Waals surface area (Å²) in [6.45, 7) is 4.16. The Hall–Kier alpha value is -2.11. The molecule has 0 aliphatic rings. The number of benzene rings is 1. The average molecular weight is 282 g/mol. The Kier molecular flexibility index (Phi) is 5.49. The molecule has 0 spiro atoms. The summed E-state index contributed by atoms with van der Waals surface area (Å²) in [5.41, 5.74) is 0.356. The molecule has 0 heterocycles. The zero-order chi connectivity index (χ0) is 15.2. The molecular formula is C14H19FN2O3. The van der Waals surface area contributed by atoms with Crippen LogP contribution in [0.1, 0.15) is 25.8 Å². The first-order valence-electron chi connectivity index (χ1n) is 6.31. The van der Waals surface area contributed by atoms with Gasteiger partial charge in [-0.25, -0.2) is 9.18 Å². The van der Waals surface area contributed by atoms with E-state index in [9.17, 15) is 14.0 Å². The molecule has 0 aliphatic heterocycles. The lowest BCUT2D eigenvalue weighted by Gasteiger charge is -2.25. The monoisotopic (exact) mass is 282 g/mol. The van der Waals surface area contributed by atoms with Crippen molar-refractivity contribution in [3.05, 3.63) is 35.6 Å². The van der Waals surface area contributed by atoms with Crippen molar-refractivity contribution in [2.24, 2.45) is 0 Å². The number of carbonyl (C=O) groups is 2. The van der Waals surface area contributed by atoms with Gasteiger partial charge in [0.05, 0.1) is 6.42 Å². The molecule has 1 rings (SSSR count). The molecule has 20 heavy (non-hydrogen) atoms. The van der Waals surface area contributed by atoms with Crippen molar-refractivity contribution in [2.45, 2.75) is 25.7 Å². The summed E-state index contributed by atoms with van der Waals surface area (Å²) >= 11 is 0. The van der Waals surface area contributed by atoms with Gasteiger partial charge in [-0.05, 0) is 17.7 Å². The van der Waals surface area contributed by atoms with Crippen molar-refractivity contribution in [3.8, 4) is 0 Å². The Morgan fingerprint density at radius 1 is 1.30 bits per heavy atom. The number of hydrogen-bond acceptors (Lipinski definition) is 2. The summed E-state index contributed by atoms with van der Waals surface area (Å²) in [7, 11) is 0. The summed E-state index contributed by atoms with van der Waals surface area (Å²) in [5, 5.41) is 13.5. The van der Waals surface area contributed by atoms with Gasteiger partial charge in [-0.3, -0.25) is 4.79 Å². The molecule has 0 unspecified atom stereocenters. The smallest absolute Gasteiger partial charge is 0.314 e. The lowest BCUT2D eigenvalue weighted by Crippen LogP contribution is -2.42. The minimum absolute atomic E-state index is 0.0710. The highest BCUT2D eigenvalue weighted by Gasteiger charge is 2.21. The van der Waals surface area contributed by atoms with Crippen LogP contribution in [0.3, 0.4) is 0 Å². The molecule has 5 nitrogen and oxygen atoms in total. The second kappa shape index (κ2) is 6.88. The lowest BCUT2D eigenvalue weighted by molar-refractivity contribution is -0.136. The summed E-state index contributed by atoms with van der Waals surface area (Å²) in [6.07, 6.45) is -0.124. The van der Waals surface area contributed by atoms with Gasteiger partial charge >= 0.3 is 12.0 Å². The third-order valence-corrected chi connectivity index (χ3v) is 2.92. The first-order chi connectivity index (χ1) is 9.31. The average Bonchev–Trinajstić information content (AvgIpc) is 2.36. The maximum absolute atomic E-state index is 13.2. The molecule has 1 aromatic rings. The third kappa shape index (κ3) is 5.26. The number of urea groups is 1. The number of halogens is 1. The van der Waals surface area contributed by atoms with Crippen LogP contribution >= 0.6 is 0 Å². The van der Waals surface area contributed by atoms with Crippen molar-refractivity contribution < 1.29 is 19.1 Å². The molecule has 110 valence electrons. The SMILES string of the molecule is CC(C)(CNC(=O)NCCC(=O)O)c1cccc(F)c1. The molecule has 2 amide bonds. The minimum atomic E-state index is -0.967. The van der Waals surface area contributed by atoms with Gasteiger partial charge in [0.25, 0.3) is 0 Å². The van der Waals surface area contributed by atoms with Gasteiger partial charge in [0.15, 0.2) is 0 Å². The molecular weight excluding hydrogens is 263 g/mol. The normalized spacial score (nSPS) is 10.9. The fourth-order valence-corrected chi connectivity index (χ4v) is 1.66. The van der Waals surface area contributed by atoms with Gasteiger partial charge in [0.2, 0.25) is 0 Å². The Labute approximate surface area is 117 Å². The van der Waals surface area contributed by atoms with Crippen LogP contribution in [-0.2, 0) is 10.2 Å². The van der Waals surface area contributed by atoms with Gasteiger partial charge < -0.3 is 15.7 Å². The van der Waals surface area contributed by atoms with E-state index < -0.39 is 17.4 Å². The van der Waals surface area contributed by atoms with Gasteiger partial charge in [-0.1, -0.05) is 26.0 Å². The van der Waals surface area contributed by atoms with E-state index in [-0.39, 0.29) is 18.8 Å². The number of amides is 2. The standard InChI is InChI=1S/C14H19FN2O3/c1-14(2,10-4-3-5-11(15)8-10)9-17-13(20)16-7-6-12(18)19/h3-5,8H,6-7,9H2,1-2H3,(H,18,19)(H2,16,17,20). The largest absolute Gasteiger partial charge is 0.481 e. The van der Waals surface area contributed by atoms with Crippen molar-refractivity contribution in [1.82, 2.24) is 10.6 Å². The van der Waals surface area contributed by atoms with Gasteiger partial charge in [-0.15, -0.1) is 0 Å². The van der Waals surface area contributed by atoms with E-state index in [1.165, 1.54) is 12.1 Å². The second-order valence-corrected chi connectivity index (χ2v) is 5.15. The molecule has 0 atom stereocenters. The summed E-state index contributed by atoms with van der Waals surface area (Å²) in [5.74, 6) is -1.29. The van der Waals surface area contributed by atoms with Crippen LogP contribution in [0.2, 0.25) is 0 Å². The van der Waals surface area contributed by atoms with Crippen molar-refractivity contribution in [3.63, 3.8) is 0 Å². The predicted octanol–water partition coefficient (Wildman–Crippen LogP) is 1.88. The molecule has 0 saturated carbocycles. The first kappa shape index (κ1) is 15.9. The molecule has 0 fully saturated rings. The zero-order valence-corrected chi connectivity index (χ0v) is 11.6. The Morgan fingerprint density at radius 3 is 2.60 bits per heavy atom. The summed E-state index contributed by atoms with van der Waals surface area (Å²) in [6, 6.07) is 5.79. The van der Waals surface area contributed by atoms with Crippen LogP contribution in [0, 0.1) is 5.82 Å². The van der Waals surface area contributed by atoms with Crippen LogP contribution in [0.25, 0.3) is 0 Å². The summed E-state index contributed by atoms with van der Waals surface area (Å²) in [4.78, 5) is 21.8. The fraction of sp³-hybridized carbons (Fsp3) is 0.429. The van der Waals surface area contributed by atoms with E-state index >= 15 is 0 Å². The number of carboxylic acid groups (broad SMARTS) is 1. The highest BCUT2D eigenvalue weighted by atomic mass is 19.1. The minimum Gasteiger partial charge on any atom is -0.481 e. The molecule has 0 aliphatic carbocycles. The highest BCUT2D eigenvalue weighted by Crippen LogP contribution is 2.22. The number of hydrogen-bond donors (Lipinski definition) is 3. The number of carboxylic acids is 1. The fourth-order valence-electron chi connectivity index (χ4n) is 1.66. The zero-order valence-electron chi connectivity index (χ0n) is 11.6. The molecule has 0 bridgehead atoms. The van der Waals surface area contributed by atoms with Crippen LogP contribution in [0.5, 0.6) is 0 Å². The molecule has 3 N–H and O–H groups in total. The lowest BCUT2D eigenvalue weighted by atomic mass is 9.84. The predicted molar refractivity (Wildman–Crippen MR) is 73.1 cm³/mol. The van der Waals surface area contributed by atoms with E-state index in [0.717, 1.165) is 5.56 Å². The second-order valence-electron chi connectivity index (χ2n) is 5.15. The van der Waals surface area contributed by atoms with E-state index in [4.69, 9.17) is 5.11 Å². The highest BCUT2D eigenvalue weighted by molar-refractivity contribution is 5.75. The third-order valence-electron chi connectivity index (χ3n) is 2.92. The molecule has 1 aromatic carbocycles. The van der Waals surface area contributed by atoms with E-state index in [0.29, 0.717) is 6.54 Å². The number of aliphatic carboxylic acids is 1. The van der Waals surface area contributed by atoms with Crippen LogP contribution < -0.4 is 10.6 Å². The maximum atomic E-state index is 13.2. The molecule has 0 aromatic heterocycles. The summed E-state index contributed by atoms with van der Waals surface area (Å²) < 4.78 is 13.2. The molecule has 0 saturated heterocycles. The number of nitrogens with one attached hydrogen (secondary N) is 2. The van der Waals surface area contributed by atoms with Gasteiger partial charge in [-0.2, -0.15) is 0 Å².